The van der Waals surface area contributed by atoms with Crippen molar-refractivity contribution < 1.29 is 19.0 Å². The second-order valence-corrected chi connectivity index (χ2v) is 4.19. The maximum Gasteiger partial charge on any atom is 0.338 e. The lowest BCUT2D eigenvalue weighted by Gasteiger charge is -2.07. The van der Waals surface area contributed by atoms with Crippen LogP contribution in [-0.2, 0) is 9.47 Å². The van der Waals surface area contributed by atoms with Crippen LogP contribution in [0.15, 0.2) is 37.1 Å². The summed E-state index contributed by atoms with van der Waals surface area (Å²) < 4.78 is 15.5. The molecule has 0 aromatic heterocycles. The summed E-state index contributed by atoms with van der Waals surface area (Å²) in [4.78, 5) is 11.5. The number of unbranched alkanes of at least 4 members (excludes halogenated alkanes) is 2. The van der Waals surface area contributed by atoms with E-state index in [0.717, 1.165) is 25.0 Å². The van der Waals surface area contributed by atoms with Crippen LogP contribution in [0.5, 0.6) is 5.75 Å². The summed E-state index contributed by atoms with van der Waals surface area (Å²) in [6.45, 7) is 7.02. The second-order valence-electron chi connectivity index (χ2n) is 4.19. The van der Waals surface area contributed by atoms with Crippen molar-refractivity contribution in [1.29, 1.82) is 0 Å². The predicted octanol–water partition coefficient (Wildman–Crippen LogP) is 3.57. The summed E-state index contributed by atoms with van der Waals surface area (Å²) in [5.74, 6) is 0.460. The standard InChI is InChI=1S/C16H22O4/c1-3-18-12-6-5-7-13-20-15-10-8-14(9-11-15)16(17)19-4-2/h3,8-11H,1,4-7,12-13H2,2H3. The average Bonchev–Trinajstić information content (AvgIpc) is 2.47. The molecule has 1 aromatic rings. The molecule has 0 fully saturated rings. The van der Waals surface area contributed by atoms with Crippen LogP contribution in [0.4, 0.5) is 0 Å². The van der Waals surface area contributed by atoms with Gasteiger partial charge in [0.2, 0.25) is 0 Å². The van der Waals surface area contributed by atoms with E-state index in [2.05, 4.69) is 6.58 Å². The van der Waals surface area contributed by atoms with Gasteiger partial charge in [0.05, 0.1) is 31.6 Å². The number of hydrogen-bond acceptors (Lipinski definition) is 4. The van der Waals surface area contributed by atoms with E-state index in [1.165, 1.54) is 6.26 Å². The zero-order chi connectivity index (χ0) is 14.6. The van der Waals surface area contributed by atoms with Gasteiger partial charge in [-0.25, -0.2) is 4.79 Å². The Labute approximate surface area is 120 Å². The lowest BCUT2D eigenvalue weighted by molar-refractivity contribution is 0.0526. The van der Waals surface area contributed by atoms with Gasteiger partial charge in [-0.2, -0.15) is 0 Å². The monoisotopic (exact) mass is 278 g/mol. The third kappa shape index (κ3) is 6.27. The lowest BCUT2D eigenvalue weighted by atomic mass is 10.2. The molecule has 1 aromatic carbocycles. The van der Waals surface area contributed by atoms with Crippen molar-refractivity contribution in [3.05, 3.63) is 42.7 Å². The first-order valence-electron chi connectivity index (χ1n) is 6.90. The molecule has 1 rings (SSSR count). The van der Waals surface area contributed by atoms with Crippen LogP contribution in [0, 0.1) is 0 Å². The minimum Gasteiger partial charge on any atom is -0.502 e. The molecule has 0 amide bonds. The number of ether oxygens (including phenoxy) is 3. The zero-order valence-corrected chi connectivity index (χ0v) is 12.0. The van der Waals surface area contributed by atoms with Gasteiger partial charge in [-0.3, -0.25) is 0 Å². The minimum absolute atomic E-state index is 0.304. The van der Waals surface area contributed by atoms with Crippen LogP contribution in [0.3, 0.4) is 0 Å². The first-order chi connectivity index (χ1) is 9.77. The van der Waals surface area contributed by atoms with Gasteiger partial charge < -0.3 is 14.2 Å². The highest BCUT2D eigenvalue weighted by atomic mass is 16.5. The Balaban J connectivity index is 2.21. The van der Waals surface area contributed by atoms with Crippen LogP contribution in [0.1, 0.15) is 36.5 Å². The molecule has 0 N–H and O–H groups in total. The summed E-state index contributed by atoms with van der Waals surface area (Å²) in [6.07, 6.45) is 4.48. The number of benzene rings is 1. The summed E-state index contributed by atoms with van der Waals surface area (Å²) in [5.41, 5.74) is 0.542. The number of esters is 1. The lowest BCUT2D eigenvalue weighted by Crippen LogP contribution is -2.04. The van der Waals surface area contributed by atoms with Gasteiger partial charge in [0.15, 0.2) is 0 Å². The molecule has 0 unspecified atom stereocenters. The molecule has 0 radical (unpaired) electrons. The Morgan fingerprint density at radius 2 is 1.85 bits per heavy atom. The molecule has 0 aliphatic heterocycles. The largest absolute Gasteiger partial charge is 0.502 e. The minimum atomic E-state index is -0.304. The Morgan fingerprint density at radius 1 is 1.15 bits per heavy atom. The van der Waals surface area contributed by atoms with Crippen molar-refractivity contribution in [2.45, 2.75) is 26.2 Å². The number of rotatable bonds is 10. The molecule has 0 bridgehead atoms. The van der Waals surface area contributed by atoms with E-state index in [0.29, 0.717) is 25.4 Å². The zero-order valence-electron chi connectivity index (χ0n) is 12.0. The Hall–Kier alpha value is -1.97. The van der Waals surface area contributed by atoms with Gasteiger partial charge >= 0.3 is 5.97 Å². The number of hydrogen-bond donors (Lipinski definition) is 0. The quantitative estimate of drug-likeness (QED) is 0.373. The molecule has 0 heterocycles. The highest BCUT2D eigenvalue weighted by Gasteiger charge is 2.05. The molecular weight excluding hydrogens is 256 g/mol. The second kappa shape index (κ2) is 9.89. The molecule has 4 heteroatoms. The summed E-state index contributed by atoms with van der Waals surface area (Å²) in [7, 11) is 0. The van der Waals surface area contributed by atoms with Gasteiger partial charge in [0, 0.05) is 0 Å². The van der Waals surface area contributed by atoms with E-state index >= 15 is 0 Å². The van der Waals surface area contributed by atoms with Crippen LogP contribution < -0.4 is 4.74 Å². The summed E-state index contributed by atoms with van der Waals surface area (Å²) in [5, 5.41) is 0. The van der Waals surface area contributed by atoms with E-state index in [9.17, 15) is 4.79 Å². The van der Waals surface area contributed by atoms with E-state index in [-0.39, 0.29) is 5.97 Å². The summed E-state index contributed by atoms with van der Waals surface area (Å²) in [6, 6.07) is 7.00. The molecule has 4 nitrogen and oxygen atoms in total. The first kappa shape index (κ1) is 16.1. The highest BCUT2D eigenvalue weighted by Crippen LogP contribution is 2.13. The van der Waals surface area contributed by atoms with Crippen LogP contribution >= 0.6 is 0 Å². The molecule has 0 saturated carbocycles. The fraction of sp³-hybridized carbons (Fsp3) is 0.438. The Morgan fingerprint density at radius 3 is 2.50 bits per heavy atom. The van der Waals surface area contributed by atoms with Crippen molar-refractivity contribution in [2.24, 2.45) is 0 Å². The van der Waals surface area contributed by atoms with Gasteiger partial charge in [0.1, 0.15) is 5.75 Å². The normalized spacial score (nSPS) is 9.85. The van der Waals surface area contributed by atoms with Crippen molar-refractivity contribution in [3.8, 4) is 5.75 Å². The SMILES string of the molecule is C=COCCCCCOc1ccc(C(=O)OCC)cc1. The van der Waals surface area contributed by atoms with Crippen LogP contribution in [-0.4, -0.2) is 25.8 Å². The highest BCUT2D eigenvalue weighted by molar-refractivity contribution is 5.89. The van der Waals surface area contributed by atoms with Crippen molar-refractivity contribution in [3.63, 3.8) is 0 Å². The predicted molar refractivity (Wildman–Crippen MR) is 77.9 cm³/mol. The van der Waals surface area contributed by atoms with Gasteiger partial charge in [-0.1, -0.05) is 6.58 Å². The van der Waals surface area contributed by atoms with E-state index in [1.807, 2.05) is 0 Å². The number of carbonyl (C=O) groups excluding carboxylic acids is 1. The third-order valence-corrected chi connectivity index (χ3v) is 2.66. The fourth-order valence-electron chi connectivity index (χ4n) is 1.64. The van der Waals surface area contributed by atoms with Crippen LogP contribution in [0.2, 0.25) is 0 Å². The Bertz CT molecular complexity index is 397. The molecule has 110 valence electrons. The molecule has 0 spiro atoms. The van der Waals surface area contributed by atoms with E-state index < -0.39 is 0 Å². The number of carbonyl (C=O) groups is 1. The molecule has 0 aliphatic rings. The molecule has 20 heavy (non-hydrogen) atoms. The van der Waals surface area contributed by atoms with Crippen molar-refractivity contribution >= 4 is 5.97 Å². The molecule has 0 saturated heterocycles. The van der Waals surface area contributed by atoms with Crippen molar-refractivity contribution in [1.82, 2.24) is 0 Å². The van der Waals surface area contributed by atoms with Gasteiger partial charge in [-0.05, 0) is 50.5 Å². The van der Waals surface area contributed by atoms with E-state index in [4.69, 9.17) is 14.2 Å². The average molecular weight is 278 g/mol. The summed E-state index contributed by atoms with van der Waals surface area (Å²) >= 11 is 0. The molecule has 0 aliphatic carbocycles. The van der Waals surface area contributed by atoms with Crippen LogP contribution in [0.25, 0.3) is 0 Å². The van der Waals surface area contributed by atoms with E-state index in [1.54, 1.807) is 31.2 Å². The van der Waals surface area contributed by atoms with Crippen molar-refractivity contribution in [2.75, 3.05) is 19.8 Å². The maximum atomic E-state index is 11.5. The molecule has 0 atom stereocenters. The van der Waals surface area contributed by atoms with Gasteiger partial charge in [-0.15, -0.1) is 0 Å². The molecular formula is C16H22O4. The topological polar surface area (TPSA) is 44.8 Å². The fourth-order valence-corrected chi connectivity index (χ4v) is 1.64. The smallest absolute Gasteiger partial charge is 0.338 e. The maximum absolute atomic E-state index is 11.5. The first-order valence-corrected chi connectivity index (χ1v) is 6.90. The van der Waals surface area contributed by atoms with Gasteiger partial charge in [0.25, 0.3) is 0 Å². The third-order valence-electron chi connectivity index (χ3n) is 2.66. The Kier molecular flexibility index (Phi) is 7.96.